The van der Waals surface area contributed by atoms with Crippen LogP contribution in [0.15, 0.2) is 0 Å². The Labute approximate surface area is 441 Å². The number of carbonyl (C=O) groups excluding carboxylic acids is 4. The average molecular weight is 1110 g/mol. The lowest BCUT2D eigenvalue weighted by molar-refractivity contribution is -0.152. The number of nitrogens with zero attached hydrogens (tertiary/aromatic N) is 3. The van der Waals surface area contributed by atoms with Crippen LogP contribution in [0, 0.1) is 0 Å². The van der Waals surface area contributed by atoms with Crippen LogP contribution in [0.5, 0.6) is 0 Å². The summed E-state index contributed by atoms with van der Waals surface area (Å²) >= 11 is 0. The Kier molecular flexibility index (Phi) is 35.6. The minimum Gasteiger partial charge on any atom is -0.480 e. The normalized spacial score (nSPS) is 13.1. The van der Waals surface area contributed by atoms with Gasteiger partial charge in [-0.05, 0) is 57.8 Å². The molecule has 0 radical (unpaired) electrons. The van der Waals surface area contributed by atoms with Crippen molar-refractivity contribution in [2.75, 3.05) is 98.5 Å². The van der Waals surface area contributed by atoms with Gasteiger partial charge in [0.25, 0.3) is 0 Å². The lowest BCUT2D eigenvalue weighted by Gasteiger charge is -2.34. The van der Waals surface area contributed by atoms with E-state index in [0.717, 1.165) is 14.7 Å². The maximum absolute atomic E-state index is 12.6. The van der Waals surface area contributed by atoms with Gasteiger partial charge in [0.1, 0.15) is 23.7 Å². The number of carboxylic acids is 9. The van der Waals surface area contributed by atoms with Gasteiger partial charge >= 0.3 is 53.7 Å². The van der Waals surface area contributed by atoms with Crippen molar-refractivity contribution in [3.05, 3.63) is 0 Å². The average Bonchev–Trinajstić information content (AvgIpc) is 3.29. The van der Waals surface area contributed by atoms with Gasteiger partial charge in [0, 0.05) is 45.8 Å². The third kappa shape index (κ3) is 34.9. The van der Waals surface area contributed by atoms with Crippen LogP contribution in [-0.2, 0) is 76.5 Å². The fraction of sp³-hybridized carbons (Fsp3) is 0.711. The van der Waals surface area contributed by atoms with Crippen molar-refractivity contribution in [3.8, 4) is 0 Å². The van der Waals surface area contributed by atoms with E-state index < -0.39 is 140 Å². The first-order valence-electron chi connectivity index (χ1n) is 24.2. The molecule has 13 N–H and O–H groups in total. The van der Waals surface area contributed by atoms with Crippen molar-refractivity contribution in [3.63, 3.8) is 0 Å². The second-order valence-corrected chi connectivity index (χ2v) is 17.5. The SMILES string of the molecule is CC(=O)NC(COCCC(=O)NCCCCC(C(=O)O)N(CC(=O)O)CC(=O)O)(COCCC(=O)NCCCCC(C(=O)O)N(CC(=O)O)CC(=O)O)COCCC(=O)NCCCCC(C(=O)O)N(CC(=O)O)CC(=O)O. The molecule has 0 fully saturated rings. The molecule has 32 nitrogen and oxygen atoms in total. The van der Waals surface area contributed by atoms with Gasteiger partial charge in [0.2, 0.25) is 23.6 Å². The predicted molar refractivity (Wildman–Crippen MR) is 258 cm³/mol. The van der Waals surface area contributed by atoms with Gasteiger partial charge in [0.15, 0.2) is 0 Å². The summed E-state index contributed by atoms with van der Waals surface area (Å²) in [5.74, 6) is -14.8. The van der Waals surface area contributed by atoms with Crippen LogP contribution in [-0.4, -0.2) is 260 Å². The number of hydrogen-bond donors (Lipinski definition) is 13. The molecule has 0 aliphatic rings. The standard InChI is InChI=1S/C45H73N7O25/c1-29(53)49-45(26-75-17-11-33(54)46-14-5-2-8-30(42(69)70)50(20-36(57)58)21-37(59)60,27-76-18-12-34(55)47-15-6-3-9-31(43(71)72)51(22-38(61)62)23-39(63)64)28-77-19-13-35(56)48-16-7-4-10-32(44(73)74)52(24-40(65)66)25-41(67)68/h30-32H,2-28H2,1H3,(H,46,54)(H,47,55)(H,48,56)(H,49,53)(H,57,58)(H,59,60)(H,61,62)(H,63,64)(H,65,66)(H,67,68)(H,69,70)(H,71,72)(H,73,74). The Bertz CT molecular complexity index is 1720. The van der Waals surface area contributed by atoms with Gasteiger partial charge in [-0.1, -0.05) is 0 Å². The molecule has 4 amide bonds. The van der Waals surface area contributed by atoms with Crippen molar-refractivity contribution < 1.29 is 122 Å². The molecule has 0 aromatic rings. The number of amides is 4. The first kappa shape index (κ1) is 69.9. The fourth-order valence-electron chi connectivity index (χ4n) is 7.50. The van der Waals surface area contributed by atoms with Crippen LogP contribution in [0.25, 0.3) is 0 Å². The van der Waals surface area contributed by atoms with Crippen molar-refractivity contribution in [2.45, 2.75) is 108 Å². The lowest BCUT2D eigenvalue weighted by Crippen LogP contribution is -2.58. The predicted octanol–water partition coefficient (Wildman–Crippen LogP) is -3.29. The molecule has 0 spiro atoms. The molecule has 0 saturated heterocycles. The van der Waals surface area contributed by atoms with E-state index >= 15 is 0 Å². The number of rotatable bonds is 49. The Balaban J connectivity index is 5.57. The number of hydrogen-bond acceptors (Lipinski definition) is 19. The van der Waals surface area contributed by atoms with Crippen LogP contribution in [0.2, 0.25) is 0 Å². The van der Waals surface area contributed by atoms with E-state index in [-0.39, 0.29) is 136 Å². The summed E-state index contributed by atoms with van der Waals surface area (Å²) in [4.78, 5) is 155. The molecule has 0 aromatic heterocycles. The molecular weight excluding hydrogens is 1040 g/mol. The van der Waals surface area contributed by atoms with E-state index in [1.807, 2.05) is 0 Å². The first-order valence-corrected chi connectivity index (χ1v) is 24.2. The number of aliphatic carboxylic acids is 9. The molecular formula is C45H73N7O25. The van der Waals surface area contributed by atoms with Gasteiger partial charge in [-0.15, -0.1) is 0 Å². The zero-order chi connectivity index (χ0) is 58.5. The zero-order valence-electron chi connectivity index (χ0n) is 42.7. The number of nitrogens with one attached hydrogen (secondary N) is 4. The molecule has 0 aliphatic heterocycles. The van der Waals surface area contributed by atoms with Crippen LogP contribution < -0.4 is 21.3 Å². The Morgan fingerprint density at radius 3 is 0.818 bits per heavy atom. The summed E-state index contributed by atoms with van der Waals surface area (Å²) in [5.41, 5.74) is -1.48. The van der Waals surface area contributed by atoms with Crippen molar-refractivity contribution in [1.29, 1.82) is 0 Å². The first-order chi connectivity index (χ1) is 36.2. The highest BCUT2D eigenvalue weighted by Gasteiger charge is 2.34. The summed E-state index contributed by atoms with van der Waals surface area (Å²) in [6.45, 7) is -5.16. The Morgan fingerprint density at radius 2 is 0.623 bits per heavy atom. The highest BCUT2D eigenvalue weighted by molar-refractivity contribution is 5.80. The van der Waals surface area contributed by atoms with E-state index in [9.17, 15) is 77.6 Å². The summed E-state index contributed by atoms with van der Waals surface area (Å²) in [5, 5.41) is 93.8. The molecule has 32 heteroatoms. The van der Waals surface area contributed by atoms with Gasteiger partial charge in [0.05, 0.1) is 78.9 Å². The van der Waals surface area contributed by atoms with E-state index in [4.69, 9.17) is 44.8 Å². The van der Waals surface area contributed by atoms with E-state index in [1.54, 1.807) is 0 Å². The Hall–Kier alpha value is -7.13. The third-order valence-corrected chi connectivity index (χ3v) is 10.9. The van der Waals surface area contributed by atoms with Crippen LogP contribution in [0.4, 0.5) is 0 Å². The van der Waals surface area contributed by atoms with Crippen molar-refractivity contribution in [1.82, 2.24) is 36.0 Å². The number of carboxylic acid groups (broad SMARTS) is 9. The van der Waals surface area contributed by atoms with Gasteiger partial charge in [-0.2, -0.15) is 0 Å². The third-order valence-electron chi connectivity index (χ3n) is 10.9. The molecule has 0 aromatic carbocycles. The molecule has 0 rings (SSSR count). The summed E-state index contributed by atoms with van der Waals surface area (Å²) < 4.78 is 17.3. The quantitative estimate of drug-likeness (QED) is 0.0266. The molecule has 77 heavy (non-hydrogen) atoms. The molecule has 0 bridgehead atoms. The maximum Gasteiger partial charge on any atom is 0.320 e. The lowest BCUT2D eigenvalue weighted by atomic mass is 10.0. The van der Waals surface area contributed by atoms with E-state index in [2.05, 4.69) is 21.3 Å². The molecule has 438 valence electrons. The summed E-state index contributed by atoms with van der Waals surface area (Å²) in [7, 11) is 0. The van der Waals surface area contributed by atoms with Crippen LogP contribution in [0.3, 0.4) is 0 Å². The summed E-state index contributed by atoms with van der Waals surface area (Å²) in [6, 6.07) is -4.23. The highest BCUT2D eigenvalue weighted by Crippen LogP contribution is 2.14. The minimum atomic E-state index is -1.48. The summed E-state index contributed by atoms with van der Waals surface area (Å²) in [6.07, 6.45) is 0.323. The maximum atomic E-state index is 12.6. The van der Waals surface area contributed by atoms with Crippen LogP contribution >= 0.6 is 0 Å². The van der Waals surface area contributed by atoms with E-state index in [1.165, 1.54) is 6.92 Å². The Morgan fingerprint density at radius 1 is 0.390 bits per heavy atom. The topological polar surface area (TPSA) is 490 Å². The number of unbranched alkanes of at least 4 members (excludes halogenated alkanes) is 3. The molecule has 0 saturated carbocycles. The van der Waals surface area contributed by atoms with Gasteiger partial charge < -0.3 is 81.4 Å². The second-order valence-electron chi connectivity index (χ2n) is 17.5. The molecule has 3 atom stereocenters. The van der Waals surface area contributed by atoms with E-state index in [0.29, 0.717) is 0 Å². The van der Waals surface area contributed by atoms with Crippen LogP contribution in [0.1, 0.15) is 84.0 Å². The molecule has 0 aliphatic carbocycles. The largest absolute Gasteiger partial charge is 0.480 e. The second kappa shape index (κ2) is 39.3. The minimum absolute atomic E-state index is 0.0714. The van der Waals surface area contributed by atoms with Crippen molar-refractivity contribution >= 4 is 77.4 Å². The molecule has 0 heterocycles. The number of carbonyl (C=O) groups is 13. The smallest absolute Gasteiger partial charge is 0.320 e. The molecule has 3 unspecified atom stereocenters. The zero-order valence-corrected chi connectivity index (χ0v) is 42.7. The fourth-order valence-corrected chi connectivity index (χ4v) is 7.50. The number of ether oxygens (including phenoxy) is 3. The monoisotopic (exact) mass is 1110 g/mol. The van der Waals surface area contributed by atoms with Gasteiger partial charge in [-0.25, -0.2) is 0 Å². The van der Waals surface area contributed by atoms with Crippen molar-refractivity contribution in [2.24, 2.45) is 0 Å². The highest BCUT2D eigenvalue weighted by atomic mass is 16.5. The van der Waals surface area contributed by atoms with Gasteiger partial charge in [-0.3, -0.25) is 77.0 Å².